The van der Waals surface area contributed by atoms with Crippen LogP contribution >= 0.6 is 23.4 Å². The Bertz CT molecular complexity index is 457. The van der Waals surface area contributed by atoms with E-state index in [4.69, 9.17) is 16.7 Å². The first-order valence-corrected chi connectivity index (χ1v) is 8.04. The van der Waals surface area contributed by atoms with Crippen LogP contribution < -0.4 is 0 Å². The maximum Gasteiger partial charge on any atom is 0.148 e. The van der Waals surface area contributed by atoms with E-state index in [9.17, 15) is 8.42 Å². The van der Waals surface area contributed by atoms with Crippen LogP contribution in [-0.4, -0.2) is 31.3 Å². The highest BCUT2D eigenvalue weighted by Crippen LogP contribution is 2.25. The van der Waals surface area contributed by atoms with Crippen molar-refractivity contribution < 1.29 is 13.5 Å². The van der Waals surface area contributed by atoms with Gasteiger partial charge in [0.1, 0.15) is 9.84 Å². The van der Waals surface area contributed by atoms with Gasteiger partial charge in [-0.15, -0.1) is 11.8 Å². The van der Waals surface area contributed by atoms with Gasteiger partial charge in [0.15, 0.2) is 0 Å². The highest BCUT2D eigenvalue weighted by atomic mass is 35.5. The summed E-state index contributed by atoms with van der Waals surface area (Å²) in [5, 5.41) is 9.68. The molecule has 0 aliphatic rings. The van der Waals surface area contributed by atoms with E-state index in [-0.39, 0.29) is 12.4 Å². The average Bonchev–Trinajstić information content (AvgIpc) is 2.18. The van der Waals surface area contributed by atoms with Crippen molar-refractivity contribution in [1.29, 1.82) is 0 Å². The molecule has 1 aromatic carbocycles. The molecule has 1 N–H and O–H groups in total. The van der Waals surface area contributed by atoms with Gasteiger partial charge >= 0.3 is 0 Å². The van der Waals surface area contributed by atoms with Crippen molar-refractivity contribution in [2.75, 3.05) is 17.8 Å². The maximum absolute atomic E-state index is 10.9. The van der Waals surface area contributed by atoms with E-state index in [1.165, 1.54) is 18.0 Å². The Labute approximate surface area is 105 Å². The lowest BCUT2D eigenvalue weighted by Gasteiger charge is -2.06. The zero-order valence-corrected chi connectivity index (χ0v) is 11.2. The van der Waals surface area contributed by atoms with Crippen molar-refractivity contribution >= 4 is 33.2 Å². The molecule has 1 rings (SSSR count). The van der Waals surface area contributed by atoms with E-state index in [1.807, 2.05) is 0 Å². The molecular formula is C10H13ClO3S2. The fraction of sp³-hybridized carbons (Fsp3) is 0.400. The molecule has 0 spiro atoms. The second kappa shape index (κ2) is 5.91. The minimum atomic E-state index is -2.93. The van der Waals surface area contributed by atoms with Crippen LogP contribution in [-0.2, 0) is 16.4 Å². The quantitative estimate of drug-likeness (QED) is 0.838. The lowest BCUT2D eigenvalue weighted by molar-refractivity contribution is 0.279. The smallest absolute Gasteiger partial charge is 0.148 e. The van der Waals surface area contributed by atoms with Gasteiger partial charge in [-0.25, -0.2) is 8.42 Å². The number of hydrogen-bond acceptors (Lipinski definition) is 4. The molecule has 0 aliphatic heterocycles. The standard InChI is InChI=1S/C10H13ClO3S2/c1-16(13,14)5-4-15-10-3-2-9(11)6-8(10)7-12/h2-3,6,12H,4-5,7H2,1H3. The van der Waals surface area contributed by atoms with Gasteiger partial charge in [-0.05, 0) is 23.8 Å². The molecule has 90 valence electrons. The molecule has 0 bridgehead atoms. The van der Waals surface area contributed by atoms with Crippen molar-refractivity contribution in [1.82, 2.24) is 0 Å². The molecule has 0 radical (unpaired) electrons. The van der Waals surface area contributed by atoms with E-state index >= 15 is 0 Å². The summed E-state index contributed by atoms with van der Waals surface area (Å²) in [6.07, 6.45) is 1.21. The number of aliphatic hydroxyl groups is 1. The van der Waals surface area contributed by atoms with Crippen molar-refractivity contribution in [3.05, 3.63) is 28.8 Å². The monoisotopic (exact) mass is 280 g/mol. The zero-order chi connectivity index (χ0) is 12.2. The normalized spacial score (nSPS) is 11.7. The van der Waals surface area contributed by atoms with E-state index in [0.717, 1.165) is 10.5 Å². The van der Waals surface area contributed by atoms with E-state index < -0.39 is 9.84 Å². The van der Waals surface area contributed by atoms with Crippen LogP contribution in [0, 0.1) is 0 Å². The van der Waals surface area contributed by atoms with E-state index in [1.54, 1.807) is 18.2 Å². The SMILES string of the molecule is CS(=O)(=O)CCSc1ccc(Cl)cc1CO. The molecular weight excluding hydrogens is 268 g/mol. The number of sulfone groups is 1. The minimum absolute atomic E-state index is 0.0955. The number of hydrogen-bond donors (Lipinski definition) is 1. The minimum Gasteiger partial charge on any atom is -0.392 e. The molecule has 16 heavy (non-hydrogen) atoms. The van der Waals surface area contributed by atoms with Crippen molar-refractivity contribution in [2.45, 2.75) is 11.5 Å². The van der Waals surface area contributed by atoms with Gasteiger partial charge in [-0.2, -0.15) is 0 Å². The van der Waals surface area contributed by atoms with Gasteiger partial charge in [0.2, 0.25) is 0 Å². The fourth-order valence-electron chi connectivity index (χ4n) is 1.12. The van der Waals surface area contributed by atoms with Crippen LogP contribution in [0.5, 0.6) is 0 Å². The molecule has 0 saturated carbocycles. The summed E-state index contributed by atoms with van der Waals surface area (Å²) in [5.74, 6) is 0.610. The summed E-state index contributed by atoms with van der Waals surface area (Å²) in [4.78, 5) is 0.871. The number of rotatable bonds is 5. The summed E-state index contributed by atoms with van der Waals surface area (Å²) in [5.41, 5.74) is 0.728. The summed E-state index contributed by atoms with van der Waals surface area (Å²) in [6.45, 7) is -0.0955. The van der Waals surface area contributed by atoms with Gasteiger partial charge < -0.3 is 5.11 Å². The van der Waals surface area contributed by atoms with Gasteiger partial charge in [0, 0.05) is 21.9 Å². The summed E-state index contributed by atoms with van der Waals surface area (Å²) in [6, 6.07) is 5.20. The Morgan fingerprint density at radius 1 is 1.44 bits per heavy atom. The lowest BCUT2D eigenvalue weighted by atomic mass is 10.2. The summed E-state index contributed by atoms with van der Waals surface area (Å²) >= 11 is 7.20. The third-order valence-corrected chi connectivity index (χ3v) is 4.46. The molecule has 3 nitrogen and oxygen atoms in total. The Balaban J connectivity index is 2.67. The zero-order valence-electron chi connectivity index (χ0n) is 8.81. The van der Waals surface area contributed by atoms with Crippen LogP contribution in [0.3, 0.4) is 0 Å². The van der Waals surface area contributed by atoms with Crippen molar-refractivity contribution in [2.24, 2.45) is 0 Å². The molecule has 0 saturated heterocycles. The lowest BCUT2D eigenvalue weighted by Crippen LogP contribution is -2.05. The molecule has 0 aromatic heterocycles. The second-order valence-corrected chi connectivity index (χ2v) is 7.22. The van der Waals surface area contributed by atoms with E-state index in [2.05, 4.69) is 0 Å². The molecule has 0 aliphatic carbocycles. The van der Waals surface area contributed by atoms with Gasteiger partial charge in [0.05, 0.1) is 12.4 Å². The van der Waals surface area contributed by atoms with E-state index in [0.29, 0.717) is 10.8 Å². The highest BCUT2D eigenvalue weighted by Gasteiger charge is 2.06. The molecule has 0 unspecified atom stereocenters. The molecule has 0 heterocycles. The predicted molar refractivity (Wildman–Crippen MR) is 67.8 cm³/mol. The van der Waals surface area contributed by atoms with Crippen molar-refractivity contribution in [3.8, 4) is 0 Å². The Hall–Kier alpha value is -0.230. The Kier molecular flexibility index (Phi) is 5.11. The largest absolute Gasteiger partial charge is 0.392 e. The number of aliphatic hydroxyl groups excluding tert-OH is 1. The number of benzene rings is 1. The van der Waals surface area contributed by atoms with Crippen LogP contribution in [0.25, 0.3) is 0 Å². The summed E-state index contributed by atoms with van der Waals surface area (Å²) in [7, 11) is -2.93. The summed E-state index contributed by atoms with van der Waals surface area (Å²) < 4.78 is 21.9. The Morgan fingerprint density at radius 3 is 2.69 bits per heavy atom. The predicted octanol–water partition coefficient (Wildman–Crippen LogP) is 1.97. The number of halogens is 1. The van der Waals surface area contributed by atoms with Gasteiger partial charge in [-0.1, -0.05) is 11.6 Å². The molecule has 0 fully saturated rings. The maximum atomic E-state index is 10.9. The first-order valence-electron chi connectivity index (χ1n) is 4.62. The van der Waals surface area contributed by atoms with Crippen LogP contribution in [0.15, 0.2) is 23.1 Å². The van der Waals surface area contributed by atoms with Gasteiger partial charge in [-0.3, -0.25) is 0 Å². The number of thioether (sulfide) groups is 1. The van der Waals surface area contributed by atoms with Crippen molar-refractivity contribution in [3.63, 3.8) is 0 Å². The molecule has 0 amide bonds. The topological polar surface area (TPSA) is 54.4 Å². The highest BCUT2D eigenvalue weighted by molar-refractivity contribution is 8.00. The second-order valence-electron chi connectivity index (χ2n) is 3.39. The van der Waals surface area contributed by atoms with Crippen LogP contribution in [0.2, 0.25) is 5.02 Å². The first-order chi connectivity index (χ1) is 7.42. The third-order valence-electron chi connectivity index (χ3n) is 1.90. The third kappa shape index (κ3) is 4.74. The average molecular weight is 281 g/mol. The van der Waals surface area contributed by atoms with Crippen LogP contribution in [0.4, 0.5) is 0 Å². The van der Waals surface area contributed by atoms with Gasteiger partial charge in [0.25, 0.3) is 0 Å². The first kappa shape index (κ1) is 13.8. The van der Waals surface area contributed by atoms with Crippen LogP contribution in [0.1, 0.15) is 5.56 Å². The Morgan fingerprint density at radius 2 is 2.12 bits per heavy atom. The fourth-order valence-corrected chi connectivity index (χ4v) is 3.55. The molecule has 0 atom stereocenters. The molecule has 6 heteroatoms. The molecule has 1 aromatic rings.